The fourth-order valence-electron chi connectivity index (χ4n) is 1.86. The van der Waals surface area contributed by atoms with Crippen molar-refractivity contribution in [1.82, 2.24) is 14.6 Å². The highest BCUT2D eigenvalue weighted by atomic mass is 32.1. The second-order valence-electron chi connectivity index (χ2n) is 3.89. The monoisotopic (exact) mass is 255 g/mol. The fourth-order valence-corrected chi connectivity index (χ4v) is 2.47. The summed E-state index contributed by atoms with van der Waals surface area (Å²) in [6.07, 6.45) is 1.72. The van der Waals surface area contributed by atoms with Gasteiger partial charge in [-0.15, -0.1) is 5.10 Å². The first kappa shape index (κ1) is 11.0. The summed E-state index contributed by atoms with van der Waals surface area (Å²) in [5.41, 5.74) is 2.14. The Morgan fingerprint density at radius 2 is 2.11 bits per heavy atom. The van der Waals surface area contributed by atoms with E-state index in [1.165, 1.54) is 0 Å². The van der Waals surface area contributed by atoms with Crippen LogP contribution in [0, 0.1) is 6.92 Å². The Morgan fingerprint density at radius 1 is 1.22 bits per heavy atom. The molecule has 0 saturated carbocycles. The predicted molar refractivity (Wildman–Crippen MR) is 69.8 cm³/mol. The Hall–Kier alpha value is -2.14. The van der Waals surface area contributed by atoms with Gasteiger partial charge in [0.2, 0.25) is 5.78 Å². The molecule has 2 heterocycles. The normalized spacial score (nSPS) is 10.7. The zero-order valence-electron chi connectivity index (χ0n) is 9.62. The number of pyridine rings is 1. The van der Waals surface area contributed by atoms with Crippen LogP contribution in [0.25, 0.3) is 10.9 Å². The van der Waals surface area contributed by atoms with Crippen LogP contribution in [0.5, 0.6) is 0 Å². The highest BCUT2D eigenvalue weighted by molar-refractivity contribution is 7.08. The van der Waals surface area contributed by atoms with Gasteiger partial charge in [0.05, 0.1) is 11.2 Å². The largest absolute Gasteiger partial charge is 0.288 e. The van der Waals surface area contributed by atoms with E-state index in [0.29, 0.717) is 16.1 Å². The second-order valence-corrected chi connectivity index (χ2v) is 4.65. The van der Waals surface area contributed by atoms with Crippen molar-refractivity contribution in [3.8, 4) is 0 Å². The average molecular weight is 255 g/mol. The minimum Gasteiger partial charge on any atom is -0.288 e. The van der Waals surface area contributed by atoms with E-state index in [9.17, 15) is 4.79 Å². The quantitative estimate of drug-likeness (QED) is 0.660. The van der Waals surface area contributed by atoms with E-state index in [1.807, 2.05) is 30.3 Å². The van der Waals surface area contributed by atoms with E-state index in [0.717, 1.165) is 22.4 Å². The van der Waals surface area contributed by atoms with Crippen LogP contribution in [0.1, 0.15) is 20.9 Å². The van der Waals surface area contributed by atoms with Crippen LogP contribution in [0.15, 0.2) is 36.5 Å². The number of nitrogens with zero attached hydrogens (tertiary/aromatic N) is 3. The van der Waals surface area contributed by atoms with E-state index >= 15 is 0 Å². The maximum Gasteiger partial charge on any atom is 0.207 e. The zero-order valence-corrected chi connectivity index (χ0v) is 10.4. The van der Waals surface area contributed by atoms with Crippen LogP contribution < -0.4 is 0 Å². The third kappa shape index (κ3) is 1.69. The molecule has 18 heavy (non-hydrogen) atoms. The predicted octanol–water partition coefficient (Wildman–Crippen LogP) is 2.63. The van der Waals surface area contributed by atoms with Gasteiger partial charge in [-0.3, -0.25) is 9.78 Å². The first-order valence-corrected chi connectivity index (χ1v) is 6.22. The molecule has 0 spiro atoms. The van der Waals surface area contributed by atoms with Gasteiger partial charge in [0, 0.05) is 17.1 Å². The van der Waals surface area contributed by atoms with E-state index in [4.69, 9.17) is 0 Å². The molecule has 0 radical (unpaired) electrons. The topological polar surface area (TPSA) is 55.7 Å². The Labute approximate surface area is 107 Å². The summed E-state index contributed by atoms with van der Waals surface area (Å²) in [5, 5.41) is 4.73. The molecule has 0 N–H and O–H groups in total. The van der Waals surface area contributed by atoms with Crippen LogP contribution in [-0.4, -0.2) is 20.4 Å². The van der Waals surface area contributed by atoms with Crippen molar-refractivity contribution >= 4 is 28.2 Å². The number of benzene rings is 1. The van der Waals surface area contributed by atoms with Crippen LogP contribution in [0.4, 0.5) is 0 Å². The molecule has 3 aromatic rings. The summed E-state index contributed by atoms with van der Waals surface area (Å²) < 4.78 is 3.80. The SMILES string of the molecule is Cc1nnsc1C(=O)c1cccc2ncccc12. The van der Waals surface area contributed by atoms with Gasteiger partial charge < -0.3 is 0 Å². The minimum absolute atomic E-state index is 0.0406. The van der Waals surface area contributed by atoms with Crippen molar-refractivity contribution in [3.05, 3.63) is 52.7 Å². The van der Waals surface area contributed by atoms with Crippen molar-refractivity contribution in [3.63, 3.8) is 0 Å². The molecule has 0 saturated heterocycles. The van der Waals surface area contributed by atoms with Crippen LogP contribution in [0.2, 0.25) is 0 Å². The first-order valence-electron chi connectivity index (χ1n) is 5.45. The highest BCUT2D eigenvalue weighted by Crippen LogP contribution is 2.22. The lowest BCUT2D eigenvalue weighted by atomic mass is 10.0. The van der Waals surface area contributed by atoms with Crippen molar-refractivity contribution in [2.24, 2.45) is 0 Å². The van der Waals surface area contributed by atoms with Gasteiger partial charge in [-0.05, 0) is 30.6 Å². The van der Waals surface area contributed by atoms with Gasteiger partial charge >= 0.3 is 0 Å². The number of hydrogen-bond acceptors (Lipinski definition) is 5. The molecule has 0 fully saturated rings. The lowest BCUT2D eigenvalue weighted by Gasteiger charge is -2.03. The van der Waals surface area contributed by atoms with Gasteiger partial charge in [0.25, 0.3) is 0 Å². The van der Waals surface area contributed by atoms with Crippen molar-refractivity contribution in [1.29, 1.82) is 0 Å². The molecule has 3 rings (SSSR count). The Kier molecular flexibility index (Phi) is 2.60. The lowest BCUT2D eigenvalue weighted by molar-refractivity contribution is 0.104. The standard InChI is InChI=1S/C13H9N3OS/c1-8-13(18-16-15-8)12(17)10-4-2-6-11-9(10)5-3-7-14-11/h2-7H,1H3. The molecule has 1 aromatic carbocycles. The second kappa shape index (κ2) is 4.27. The summed E-state index contributed by atoms with van der Waals surface area (Å²) in [7, 11) is 0. The molecule has 4 nitrogen and oxygen atoms in total. The number of aromatic nitrogens is 3. The average Bonchev–Trinajstić information content (AvgIpc) is 2.83. The smallest absolute Gasteiger partial charge is 0.207 e. The zero-order chi connectivity index (χ0) is 12.5. The Bertz CT molecular complexity index is 730. The van der Waals surface area contributed by atoms with Gasteiger partial charge in [-0.1, -0.05) is 22.7 Å². The first-order chi connectivity index (χ1) is 8.77. The molecule has 0 bridgehead atoms. The van der Waals surface area contributed by atoms with E-state index in [2.05, 4.69) is 14.6 Å². The minimum atomic E-state index is -0.0406. The van der Waals surface area contributed by atoms with E-state index < -0.39 is 0 Å². The molecule has 0 unspecified atom stereocenters. The van der Waals surface area contributed by atoms with Crippen LogP contribution in [0.3, 0.4) is 0 Å². The van der Waals surface area contributed by atoms with E-state index in [-0.39, 0.29) is 5.78 Å². The van der Waals surface area contributed by atoms with Crippen LogP contribution >= 0.6 is 11.5 Å². The number of fused-ring (bicyclic) bond motifs is 1. The van der Waals surface area contributed by atoms with Crippen molar-refractivity contribution in [2.45, 2.75) is 6.92 Å². The molecular formula is C13H9N3OS. The molecule has 0 aliphatic rings. The number of ketones is 1. The molecule has 0 amide bonds. The number of aryl methyl sites for hydroxylation is 1. The van der Waals surface area contributed by atoms with E-state index in [1.54, 1.807) is 13.1 Å². The van der Waals surface area contributed by atoms with Gasteiger partial charge in [0.1, 0.15) is 4.88 Å². The van der Waals surface area contributed by atoms with Crippen molar-refractivity contribution < 1.29 is 4.79 Å². The number of carbonyl (C=O) groups is 1. The molecule has 88 valence electrons. The fraction of sp³-hybridized carbons (Fsp3) is 0.0769. The molecule has 0 atom stereocenters. The molecule has 0 aliphatic heterocycles. The molecule has 5 heteroatoms. The Balaban J connectivity index is 2.21. The Morgan fingerprint density at radius 3 is 2.89 bits per heavy atom. The van der Waals surface area contributed by atoms with Crippen LogP contribution in [-0.2, 0) is 0 Å². The maximum atomic E-state index is 12.4. The summed E-state index contributed by atoms with van der Waals surface area (Å²) in [6, 6.07) is 9.28. The summed E-state index contributed by atoms with van der Waals surface area (Å²) in [6.45, 7) is 1.79. The summed E-state index contributed by atoms with van der Waals surface area (Å²) >= 11 is 1.13. The van der Waals surface area contributed by atoms with Gasteiger partial charge in [0.15, 0.2) is 0 Å². The van der Waals surface area contributed by atoms with Gasteiger partial charge in [-0.25, -0.2) is 0 Å². The number of carbonyl (C=O) groups excluding carboxylic acids is 1. The van der Waals surface area contributed by atoms with Gasteiger partial charge in [-0.2, -0.15) is 0 Å². The highest BCUT2D eigenvalue weighted by Gasteiger charge is 2.17. The summed E-state index contributed by atoms with van der Waals surface area (Å²) in [5.74, 6) is -0.0406. The third-order valence-corrected chi connectivity index (χ3v) is 3.57. The number of hydrogen-bond donors (Lipinski definition) is 0. The summed E-state index contributed by atoms with van der Waals surface area (Å²) in [4.78, 5) is 17.3. The molecule has 2 aromatic heterocycles. The lowest BCUT2D eigenvalue weighted by Crippen LogP contribution is -2.02. The number of rotatable bonds is 2. The molecule has 0 aliphatic carbocycles. The maximum absolute atomic E-state index is 12.4. The third-order valence-electron chi connectivity index (χ3n) is 2.75. The molecular weight excluding hydrogens is 246 g/mol. The van der Waals surface area contributed by atoms with Crippen molar-refractivity contribution in [2.75, 3.05) is 0 Å².